The highest BCUT2D eigenvalue weighted by atomic mass is 32.1. The largest absolute Gasteiger partial charge is 0.360 e. The molecule has 36 heavy (non-hydrogen) atoms. The number of rotatable bonds is 3. The van der Waals surface area contributed by atoms with Crippen LogP contribution in [0, 0.1) is 0 Å². The number of benzene rings is 1. The van der Waals surface area contributed by atoms with Gasteiger partial charge in [-0.1, -0.05) is 18.2 Å². The fourth-order valence-corrected chi connectivity index (χ4v) is 6.89. The summed E-state index contributed by atoms with van der Waals surface area (Å²) in [6.45, 7) is 4.29. The van der Waals surface area contributed by atoms with Crippen molar-refractivity contribution >= 4 is 55.4 Å². The number of piperidine rings is 1. The lowest BCUT2D eigenvalue weighted by atomic mass is 9.88. The van der Waals surface area contributed by atoms with Gasteiger partial charge in [-0.15, -0.1) is 11.3 Å². The number of nitrogens with one attached hydrogen (secondary N) is 2. The number of H-pyrrole nitrogens is 1. The molecule has 1 aromatic carbocycles. The summed E-state index contributed by atoms with van der Waals surface area (Å²) in [5, 5.41) is 5.30. The van der Waals surface area contributed by atoms with Gasteiger partial charge in [0.05, 0.1) is 32.6 Å². The first-order valence-corrected chi connectivity index (χ1v) is 13.3. The van der Waals surface area contributed by atoms with Gasteiger partial charge in [0.2, 0.25) is 0 Å². The van der Waals surface area contributed by atoms with Crippen molar-refractivity contribution in [2.45, 2.75) is 24.8 Å². The van der Waals surface area contributed by atoms with Crippen molar-refractivity contribution in [3.05, 3.63) is 59.0 Å². The van der Waals surface area contributed by atoms with E-state index in [-0.39, 0.29) is 11.8 Å². The maximum Gasteiger partial charge on any atom is 0.261 e. The summed E-state index contributed by atoms with van der Waals surface area (Å²) in [6, 6.07) is 10.2. The Balaban J connectivity index is 1.39. The number of thiophene rings is 1. The monoisotopic (exact) mass is 498 g/mol. The average Bonchev–Trinajstić information content (AvgIpc) is 3.57. The first kappa shape index (κ1) is 21.8. The molecule has 2 unspecified atom stereocenters. The number of para-hydroxylation sites is 1. The van der Waals surface area contributed by atoms with Crippen LogP contribution >= 0.6 is 11.3 Å². The first-order valence-electron chi connectivity index (χ1n) is 12.4. The van der Waals surface area contributed by atoms with Gasteiger partial charge < -0.3 is 9.88 Å². The van der Waals surface area contributed by atoms with Crippen LogP contribution in [0.4, 0.5) is 0 Å². The molecule has 3 aliphatic rings. The molecule has 2 fully saturated rings. The molecule has 8 nitrogen and oxygen atoms in total. The van der Waals surface area contributed by atoms with Gasteiger partial charge in [0.15, 0.2) is 0 Å². The third-order valence-electron chi connectivity index (χ3n) is 7.83. The summed E-state index contributed by atoms with van der Waals surface area (Å²) >= 11 is 1.55. The Kier molecular flexibility index (Phi) is 5.06. The minimum Gasteiger partial charge on any atom is -0.360 e. The van der Waals surface area contributed by atoms with Crippen molar-refractivity contribution in [3.63, 3.8) is 0 Å². The number of imide groups is 1. The van der Waals surface area contributed by atoms with Crippen LogP contribution in [0.1, 0.15) is 35.8 Å². The molecule has 7 rings (SSSR count). The Hall–Kier alpha value is -3.40. The van der Waals surface area contributed by atoms with E-state index in [4.69, 9.17) is 9.97 Å². The lowest BCUT2D eigenvalue weighted by Crippen LogP contribution is -2.54. The van der Waals surface area contributed by atoms with E-state index in [2.05, 4.69) is 27.1 Å². The van der Waals surface area contributed by atoms with E-state index < -0.39 is 5.91 Å². The van der Waals surface area contributed by atoms with Crippen LogP contribution in [0.2, 0.25) is 0 Å². The summed E-state index contributed by atoms with van der Waals surface area (Å²) in [7, 11) is 2.18. The molecule has 3 aromatic heterocycles. The highest BCUT2D eigenvalue weighted by molar-refractivity contribution is 7.17. The van der Waals surface area contributed by atoms with Crippen LogP contribution in [-0.4, -0.2) is 75.8 Å². The van der Waals surface area contributed by atoms with Crippen LogP contribution in [0.3, 0.4) is 0 Å². The van der Waals surface area contributed by atoms with E-state index in [1.54, 1.807) is 11.3 Å². The quantitative estimate of drug-likeness (QED) is 0.421. The number of carbonyl (C=O) groups excluding carboxylic acids is 2. The highest BCUT2D eigenvalue weighted by Gasteiger charge is 2.37. The van der Waals surface area contributed by atoms with Crippen molar-refractivity contribution in [2.75, 3.05) is 33.2 Å². The molecule has 4 aromatic rings. The Morgan fingerprint density at radius 3 is 2.81 bits per heavy atom. The number of carbonyl (C=O) groups is 2. The highest BCUT2D eigenvalue weighted by Crippen LogP contribution is 2.39. The fraction of sp³-hybridized carbons (Fsp3) is 0.333. The number of hydrogen-bond donors (Lipinski definition) is 2. The van der Waals surface area contributed by atoms with Gasteiger partial charge in [-0.05, 0) is 43.9 Å². The van der Waals surface area contributed by atoms with Crippen molar-refractivity contribution in [1.29, 1.82) is 0 Å². The number of aromatic nitrogens is 3. The van der Waals surface area contributed by atoms with Crippen molar-refractivity contribution in [3.8, 4) is 0 Å². The molecular formula is C27H26N6O2S. The zero-order valence-corrected chi connectivity index (χ0v) is 20.8. The predicted molar refractivity (Wildman–Crippen MR) is 141 cm³/mol. The number of likely N-dealkylation sites (N-methyl/N-ethyl adjacent to an activating group) is 1. The van der Waals surface area contributed by atoms with Gasteiger partial charge in [-0.3, -0.25) is 19.8 Å². The maximum atomic E-state index is 13.3. The number of amides is 2. The van der Waals surface area contributed by atoms with Gasteiger partial charge in [0, 0.05) is 48.7 Å². The van der Waals surface area contributed by atoms with E-state index in [1.807, 2.05) is 41.9 Å². The van der Waals surface area contributed by atoms with Crippen molar-refractivity contribution in [1.82, 2.24) is 30.1 Å². The van der Waals surface area contributed by atoms with Gasteiger partial charge in [0.25, 0.3) is 11.8 Å². The Bertz CT molecular complexity index is 1570. The second-order valence-corrected chi connectivity index (χ2v) is 10.9. The number of fused-ring (bicyclic) bond motifs is 3. The number of nitrogens with zero attached hydrogens (tertiary/aromatic N) is 4. The first-order chi connectivity index (χ1) is 17.6. The molecule has 6 heterocycles. The van der Waals surface area contributed by atoms with E-state index in [0.29, 0.717) is 22.9 Å². The third-order valence-corrected chi connectivity index (χ3v) is 8.78. The molecule has 0 radical (unpaired) electrons. The SMILES string of the molecule is CN1CCN2CCC(c3nc(C4=C(c5c[nH]c6ccsc56)C(=O)NC4=O)c4ccccc4n3)CC2C1. The molecule has 0 aliphatic carbocycles. The molecule has 2 atom stereocenters. The second-order valence-electron chi connectivity index (χ2n) is 10.0. The number of hydrogen-bond acceptors (Lipinski definition) is 7. The maximum absolute atomic E-state index is 13.3. The molecule has 3 aliphatic heterocycles. The molecule has 2 saturated heterocycles. The second kappa shape index (κ2) is 8.33. The average molecular weight is 499 g/mol. The molecule has 9 heteroatoms. The molecule has 0 bridgehead atoms. The lowest BCUT2D eigenvalue weighted by Gasteiger charge is -2.45. The molecule has 0 spiro atoms. The van der Waals surface area contributed by atoms with Crippen LogP contribution in [0.15, 0.2) is 41.9 Å². The topological polar surface area (TPSA) is 94.2 Å². The van der Waals surface area contributed by atoms with Crippen molar-refractivity contribution < 1.29 is 9.59 Å². The van der Waals surface area contributed by atoms with Gasteiger partial charge in [-0.2, -0.15) is 0 Å². The van der Waals surface area contributed by atoms with E-state index in [1.165, 1.54) is 0 Å². The molecule has 182 valence electrons. The minimum absolute atomic E-state index is 0.210. The summed E-state index contributed by atoms with van der Waals surface area (Å²) < 4.78 is 0.958. The van der Waals surface area contributed by atoms with Gasteiger partial charge >= 0.3 is 0 Å². The zero-order chi connectivity index (χ0) is 24.4. The number of aromatic amines is 1. The molecule has 2 amide bonds. The Morgan fingerprint density at radius 1 is 1.03 bits per heavy atom. The van der Waals surface area contributed by atoms with E-state index in [9.17, 15) is 9.59 Å². The summed E-state index contributed by atoms with van der Waals surface area (Å²) in [4.78, 5) is 44.6. The third kappa shape index (κ3) is 3.42. The number of piperazine rings is 1. The minimum atomic E-state index is -0.403. The standard InChI is InChI=1S/C27H26N6O2S/c1-32-9-10-33-8-6-15(12-16(33)14-32)25-29-19-5-3-2-4-17(19)23(30-25)22-21(26(34)31-27(22)35)18-13-28-20-7-11-36-24(18)20/h2-5,7,11,13,15-16,28H,6,8-10,12,14H2,1H3,(H,31,34,35). The molecule has 0 saturated carbocycles. The lowest BCUT2D eigenvalue weighted by molar-refractivity contribution is -0.122. The van der Waals surface area contributed by atoms with Crippen LogP contribution in [0.5, 0.6) is 0 Å². The van der Waals surface area contributed by atoms with Crippen LogP contribution in [-0.2, 0) is 9.59 Å². The normalized spacial score (nSPS) is 23.6. The smallest absolute Gasteiger partial charge is 0.261 e. The Morgan fingerprint density at radius 2 is 1.89 bits per heavy atom. The van der Waals surface area contributed by atoms with Gasteiger partial charge in [0.1, 0.15) is 5.82 Å². The molecular weight excluding hydrogens is 472 g/mol. The van der Waals surface area contributed by atoms with Crippen LogP contribution in [0.25, 0.3) is 32.3 Å². The fourth-order valence-electron chi connectivity index (χ4n) is 6.01. The summed E-state index contributed by atoms with van der Waals surface area (Å²) in [5.41, 5.74) is 3.75. The summed E-state index contributed by atoms with van der Waals surface area (Å²) in [6.07, 6.45) is 3.80. The van der Waals surface area contributed by atoms with Crippen molar-refractivity contribution in [2.24, 2.45) is 0 Å². The zero-order valence-electron chi connectivity index (χ0n) is 20.0. The van der Waals surface area contributed by atoms with E-state index >= 15 is 0 Å². The Labute approximate surface area is 212 Å². The van der Waals surface area contributed by atoms with Gasteiger partial charge in [-0.25, -0.2) is 9.97 Å². The summed E-state index contributed by atoms with van der Waals surface area (Å²) in [5.74, 6) is 0.194. The predicted octanol–water partition coefficient (Wildman–Crippen LogP) is 3.23. The van der Waals surface area contributed by atoms with E-state index in [0.717, 1.165) is 71.5 Å². The van der Waals surface area contributed by atoms with Crippen LogP contribution < -0.4 is 5.32 Å². The molecule has 2 N–H and O–H groups in total.